The van der Waals surface area contributed by atoms with E-state index in [1.165, 1.54) is 7.11 Å². The highest BCUT2D eigenvalue weighted by atomic mass is 35.5. The number of ether oxygens (including phenoxy) is 1. The van der Waals surface area contributed by atoms with E-state index in [9.17, 15) is 4.79 Å². The molecule has 0 saturated heterocycles. The summed E-state index contributed by atoms with van der Waals surface area (Å²) in [5.41, 5.74) is 3.14. The van der Waals surface area contributed by atoms with Gasteiger partial charge in [0.15, 0.2) is 5.69 Å². The van der Waals surface area contributed by atoms with Crippen molar-refractivity contribution in [2.45, 2.75) is 13.5 Å². The van der Waals surface area contributed by atoms with Crippen LogP contribution in [0.4, 0.5) is 0 Å². The molecule has 0 amide bonds. The number of aromatic nitrogens is 2. The van der Waals surface area contributed by atoms with Crippen molar-refractivity contribution in [2.75, 3.05) is 7.11 Å². The predicted octanol–water partition coefficient (Wildman–Crippen LogP) is 5.06. The van der Waals surface area contributed by atoms with Crippen molar-refractivity contribution in [1.29, 1.82) is 0 Å². The zero-order valence-corrected chi connectivity index (χ0v) is 15.4. The van der Waals surface area contributed by atoms with E-state index in [4.69, 9.17) is 27.9 Å². The number of aryl methyl sites for hydroxylation is 1. The third-order valence-corrected chi connectivity index (χ3v) is 5.15. The van der Waals surface area contributed by atoms with Crippen LogP contribution in [0.1, 0.15) is 21.6 Å². The molecule has 3 aromatic rings. The lowest BCUT2D eigenvalue weighted by molar-refractivity contribution is 0.0593. The molecule has 4 nitrogen and oxygen atoms in total. The van der Waals surface area contributed by atoms with Crippen molar-refractivity contribution in [2.24, 2.45) is 0 Å². The minimum atomic E-state index is -0.467. The summed E-state index contributed by atoms with van der Waals surface area (Å²) < 4.78 is 6.54. The van der Waals surface area contributed by atoms with Crippen molar-refractivity contribution in [3.05, 3.63) is 62.6 Å². The lowest BCUT2D eigenvalue weighted by Gasteiger charge is -2.08. The molecular weight excluding hydrogens is 367 g/mol. The number of rotatable bonds is 4. The van der Waals surface area contributed by atoms with Gasteiger partial charge in [-0.2, -0.15) is 5.10 Å². The van der Waals surface area contributed by atoms with Gasteiger partial charge in [-0.15, -0.1) is 11.3 Å². The zero-order chi connectivity index (χ0) is 17.3. The Bertz CT molecular complexity index is 902. The van der Waals surface area contributed by atoms with Crippen LogP contribution in [-0.2, 0) is 11.3 Å². The first kappa shape index (κ1) is 17.0. The summed E-state index contributed by atoms with van der Waals surface area (Å²) in [5.74, 6) is -0.467. The molecule has 7 heteroatoms. The van der Waals surface area contributed by atoms with Gasteiger partial charge in [-0.05, 0) is 47.7 Å². The molecule has 0 aliphatic rings. The van der Waals surface area contributed by atoms with Crippen LogP contribution in [0.25, 0.3) is 10.6 Å². The molecule has 0 aliphatic carbocycles. The standard InChI is InChI=1S/C17H14Cl2N2O2S/c1-10-5-16(24-9-10)15-7-14(17(22)23-2)20-21(15)8-11-3-4-12(18)6-13(11)19/h3-7,9H,8H2,1-2H3. The third-order valence-electron chi connectivity index (χ3n) is 3.49. The molecule has 124 valence electrons. The van der Waals surface area contributed by atoms with Crippen molar-refractivity contribution in [3.63, 3.8) is 0 Å². The minimum absolute atomic E-state index is 0.267. The number of methoxy groups -OCH3 is 1. The SMILES string of the molecule is COC(=O)c1cc(-c2cc(C)cs2)n(Cc2ccc(Cl)cc2Cl)n1. The molecule has 2 heterocycles. The highest BCUT2D eigenvalue weighted by molar-refractivity contribution is 7.13. The van der Waals surface area contributed by atoms with Gasteiger partial charge in [0.2, 0.25) is 0 Å². The van der Waals surface area contributed by atoms with Crippen LogP contribution in [0.2, 0.25) is 10.0 Å². The summed E-state index contributed by atoms with van der Waals surface area (Å²) in [5, 5.41) is 7.58. The summed E-state index contributed by atoms with van der Waals surface area (Å²) in [6.45, 7) is 2.46. The largest absolute Gasteiger partial charge is 0.464 e. The maximum absolute atomic E-state index is 11.8. The van der Waals surface area contributed by atoms with Crippen molar-refractivity contribution in [1.82, 2.24) is 9.78 Å². The molecule has 0 radical (unpaired) electrons. The molecule has 3 rings (SSSR count). The zero-order valence-electron chi connectivity index (χ0n) is 13.0. The molecule has 0 unspecified atom stereocenters. The van der Waals surface area contributed by atoms with E-state index in [1.807, 2.05) is 13.0 Å². The second-order valence-electron chi connectivity index (χ2n) is 5.29. The number of halogens is 2. The minimum Gasteiger partial charge on any atom is -0.464 e. The maximum atomic E-state index is 11.8. The van der Waals surface area contributed by atoms with Gasteiger partial charge in [0.1, 0.15) is 0 Å². The quantitative estimate of drug-likeness (QED) is 0.594. The number of hydrogen-bond acceptors (Lipinski definition) is 4. The smallest absolute Gasteiger partial charge is 0.358 e. The number of hydrogen-bond donors (Lipinski definition) is 0. The van der Waals surface area contributed by atoms with Crippen LogP contribution in [0.15, 0.2) is 35.7 Å². The Balaban J connectivity index is 2.04. The highest BCUT2D eigenvalue weighted by Crippen LogP contribution is 2.30. The number of benzene rings is 1. The monoisotopic (exact) mass is 380 g/mol. The van der Waals surface area contributed by atoms with Crippen molar-refractivity contribution in [3.8, 4) is 10.6 Å². The number of carbonyl (C=O) groups is 1. The van der Waals surface area contributed by atoms with Gasteiger partial charge in [0.05, 0.1) is 24.2 Å². The lowest BCUT2D eigenvalue weighted by atomic mass is 10.2. The van der Waals surface area contributed by atoms with E-state index in [1.54, 1.807) is 34.2 Å². The molecule has 24 heavy (non-hydrogen) atoms. The fraction of sp³-hybridized carbons (Fsp3) is 0.176. The second-order valence-corrected chi connectivity index (χ2v) is 7.04. The molecule has 0 bridgehead atoms. The molecule has 2 aromatic heterocycles. The average molecular weight is 381 g/mol. The molecular formula is C17H14Cl2N2O2S. The van der Waals surface area contributed by atoms with Crippen molar-refractivity contribution < 1.29 is 9.53 Å². The van der Waals surface area contributed by atoms with Crippen molar-refractivity contribution >= 4 is 40.5 Å². The molecule has 1 aromatic carbocycles. The first-order valence-corrected chi connectivity index (χ1v) is 8.77. The fourth-order valence-corrected chi connectivity index (χ4v) is 3.70. The van der Waals surface area contributed by atoms with Gasteiger partial charge in [0.25, 0.3) is 0 Å². The van der Waals surface area contributed by atoms with Gasteiger partial charge in [-0.3, -0.25) is 4.68 Å². The Morgan fingerprint density at radius 3 is 2.71 bits per heavy atom. The van der Waals surface area contributed by atoms with Crippen LogP contribution < -0.4 is 0 Å². The summed E-state index contributed by atoms with van der Waals surface area (Å²) in [4.78, 5) is 12.9. The van der Waals surface area contributed by atoms with E-state index in [2.05, 4.69) is 16.5 Å². The van der Waals surface area contributed by atoms with E-state index < -0.39 is 5.97 Å². The first-order chi connectivity index (χ1) is 11.5. The normalized spacial score (nSPS) is 10.8. The second kappa shape index (κ2) is 6.97. The highest BCUT2D eigenvalue weighted by Gasteiger charge is 2.18. The first-order valence-electron chi connectivity index (χ1n) is 7.13. The molecule has 0 N–H and O–H groups in total. The van der Waals surface area contributed by atoms with E-state index >= 15 is 0 Å². The Labute approximate surface area is 153 Å². The molecule has 0 atom stereocenters. The van der Waals surface area contributed by atoms with Gasteiger partial charge >= 0.3 is 5.97 Å². The Kier molecular flexibility index (Phi) is 4.94. The summed E-state index contributed by atoms with van der Waals surface area (Å²) in [7, 11) is 1.34. The van der Waals surface area contributed by atoms with Gasteiger partial charge < -0.3 is 4.74 Å². The fourth-order valence-electron chi connectivity index (χ4n) is 2.32. The van der Waals surface area contributed by atoms with Crippen LogP contribution in [0, 0.1) is 6.92 Å². The van der Waals surface area contributed by atoms with Gasteiger partial charge in [-0.25, -0.2) is 4.79 Å². The van der Waals surface area contributed by atoms with Crippen LogP contribution >= 0.6 is 34.5 Å². The third kappa shape index (κ3) is 3.48. The number of thiophene rings is 1. The van der Waals surface area contributed by atoms with Gasteiger partial charge in [-0.1, -0.05) is 29.3 Å². The van der Waals surface area contributed by atoms with E-state index in [0.717, 1.165) is 21.7 Å². The van der Waals surface area contributed by atoms with Crippen LogP contribution in [0.5, 0.6) is 0 Å². The van der Waals surface area contributed by atoms with E-state index in [-0.39, 0.29) is 5.69 Å². The number of nitrogens with zero attached hydrogens (tertiary/aromatic N) is 2. The summed E-state index contributed by atoms with van der Waals surface area (Å²) in [6, 6.07) is 9.12. The number of carbonyl (C=O) groups excluding carboxylic acids is 1. The Morgan fingerprint density at radius 2 is 2.08 bits per heavy atom. The Morgan fingerprint density at radius 1 is 1.29 bits per heavy atom. The molecule has 0 fully saturated rings. The number of esters is 1. The van der Waals surface area contributed by atoms with Crippen LogP contribution in [-0.4, -0.2) is 22.9 Å². The topological polar surface area (TPSA) is 44.1 Å². The predicted molar refractivity (Wildman–Crippen MR) is 97.2 cm³/mol. The molecule has 0 aliphatic heterocycles. The van der Waals surface area contributed by atoms with E-state index in [0.29, 0.717) is 16.6 Å². The Hall–Kier alpha value is -1.82. The molecule has 0 spiro atoms. The maximum Gasteiger partial charge on any atom is 0.358 e. The van der Waals surface area contributed by atoms with Gasteiger partial charge in [0, 0.05) is 10.0 Å². The molecule has 0 saturated carbocycles. The van der Waals surface area contributed by atoms with Crippen LogP contribution in [0.3, 0.4) is 0 Å². The summed E-state index contributed by atoms with van der Waals surface area (Å²) >= 11 is 13.8. The summed E-state index contributed by atoms with van der Waals surface area (Å²) in [6.07, 6.45) is 0. The average Bonchev–Trinajstić information content (AvgIpc) is 3.15. The lowest BCUT2D eigenvalue weighted by Crippen LogP contribution is -2.07.